The van der Waals surface area contributed by atoms with E-state index in [4.69, 9.17) is 8.17 Å². The van der Waals surface area contributed by atoms with Crippen molar-refractivity contribution in [2.24, 2.45) is 0 Å². The van der Waals surface area contributed by atoms with Crippen molar-refractivity contribution in [1.82, 2.24) is 4.90 Å². The molecule has 0 atom stereocenters. The fourth-order valence-corrected chi connectivity index (χ4v) is 0.930. The minimum atomic E-state index is 0.231. The molecule has 10 heavy (non-hydrogen) atoms. The first kappa shape index (κ1) is 10.6. The van der Waals surface area contributed by atoms with Crippen molar-refractivity contribution < 1.29 is 8.17 Å². The predicted octanol–water partition coefficient (Wildman–Crippen LogP) is 0.667. The Bertz CT molecular complexity index is 72.8. The summed E-state index contributed by atoms with van der Waals surface area (Å²) in [6.07, 6.45) is 0. The van der Waals surface area contributed by atoms with E-state index in [1.165, 1.54) is 0 Å². The maximum Gasteiger partial charge on any atom is 0.109 e. The summed E-state index contributed by atoms with van der Waals surface area (Å²) in [5.74, 6) is 0. The van der Waals surface area contributed by atoms with E-state index in [-0.39, 0.29) is 6.61 Å². The standard InChI is InChI=1S/C6H14INO2/c1-2-8(3-5-9)4-6-10-7/h9H,2-6H2,1H3. The van der Waals surface area contributed by atoms with Crippen LogP contribution in [-0.2, 0) is 3.07 Å². The van der Waals surface area contributed by atoms with Gasteiger partial charge in [-0.1, -0.05) is 6.92 Å². The minimum absolute atomic E-state index is 0.231. The van der Waals surface area contributed by atoms with Crippen LogP contribution in [0, 0.1) is 0 Å². The number of hydrogen-bond donors (Lipinski definition) is 1. The van der Waals surface area contributed by atoms with Gasteiger partial charge in [-0.25, -0.2) is 0 Å². The highest BCUT2D eigenvalue weighted by Crippen LogP contribution is 1.90. The lowest BCUT2D eigenvalue weighted by molar-refractivity contribution is 0.187. The molecule has 0 heterocycles. The molecule has 0 bridgehead atoms. The second kappa shape index (κ2) is 7.71. The van der Waals surface area contributed by atoms with Gasteiger partial charge in [0, 0.05) is 13.1 Å². The van der Waals surface area contributed by atoms with Crippen LogP contribution in [0.25, 0.3) is 0 Å². The number of aliphatic hydroxyl groups is 1. The molecule has 4 heteroatoms. The molecule has 0 aliphatic heterocycles. The van der Waals surface area contributed by atoms with Gasteiger partial charge in [-0.3, -0.25) is 4.90 Å². The largest absolute Gasteiger partial charge is 0.395 e. The second-order valence-electron chi connectivity index (χ2n) is 1.97. The lowest BCUT2D eigenvalue weighted by Crippen LogP contribution is -2.29. The molecule has 0 aromatic heterocycles. The monoisotopic (exact) mass is 259 g/mol. The molecule has 0 saturated heterocycles. The normalized spacial score (nSPS) is 10.8. The van der Waals surface area contributed by atoms with Crippen molar-refractivity contribution >= 4 is 23.0 Å². The van der Waals surface area contributed by atoms with Crippen LogP contribution in [0.3, 0.4) is 0 Å². The van der Waals surface area contributed by atoms with Crippen molar-refractivity contribution in [2.75, 3.05) is 32.8 Å². The summed E-state index contributed by atoms with van der Waals surface area (Å²) in [5.41, 5.74) is 0. The molecule has 0 amide bonds. The highest BCUT2D eigenvalue weighted by atomic mass is 127. The summed E-state index contributed by atoms with van der Waals surface area (Å²) in [5, 5.41) is 8.58. The van der Waals surface area contributed by atoms with Crippen LogP contribution in [0.5, 0.6) is 0 Å². The molecule has 3 nitrogen and oxygen atoms in total. The van der Waals surface area contributed by atoms with Crippen molar-refractivity contribution in [1.29, 1.82) is 0 Å². The quantitative estimate of drug-likeness (QED) is 0.711. The molecule has 62 valence electrons. The topological polar surface area (TPSA) is 32.7 Å². The smallest absolute Gasteiger partial charge is 0.109 e. The van der Waals surface area contributed by atoms with Crippen LogP contribution >= 0.6 is 23.0 Å². The van der Waals surface area contributed by atoms with Gasteiger partial charge in [-0.2, -0.15) is 0 Å². The van der Waals surface area contributed by atoms with Crippen LogP contribution < -0.4 is 0 Å². The number of nitrogens with zero attached hydrogens (tertiary/aromatic N) is 1. The zero-order valence-electron chi connectivity index (χ0n) is 6.22. The lowest BCUT2D eigenvalue weighted by Gasteiger charge is -2.17. The van der Waals surface area contributed by atoms with E-state index in [1.807, 2.05) is 23.0 Å². The third kappa shape index (κ3) is 5.40. The zero-order chi connectivity index (χ0) is 7.82. The van der Waals surface area contributed by atoms with Crippen LogP contribution in [0.2, 0.25) is 0 Å². The second-order valence-corrected chi connectivity index (χ2v) is 2.59. The molecule has 0 aromatic carbocycles. The number of aliphatic hydroxyl groups excluding tert-OH is 1. The Morgan fingerprint density at radius 3 is 2.60 bits per heavy atom. The summed E-state index contributed by atoms with van der Waals surface area (Å²) < 4.78 is 4.87. The lowest BCUT2D eigenvalue weighted by atomic mass is 10.5. The Morgan fingerprint density at radius 2 is 2.20 bits per heavy atom. The zero-order valence-corrected chi connectivity index (χ0v) is 8.37. The molecule has 0 aromatic rings. The maximum atomic E-state index is 8.58. The van der Waals surface area contributed by atoms with Crippen LogP contribution in [0.4, 0.5) is 0 Å². The molecule has 0 spiro atoms. The Kier molecular flexibility index (Phi) is 8.18. The molecular formula is C6H14INO2. The van der Waals surface area contributed by atoms with Gasteiger partial charge < -0.3 is 8.17 Å². The van der Waals surface area contributed by atoms with Gasteiger partial charge in [0.2, 0.25) is 0 Å². The number of halogens is 1. The van der Waals surface area contributed by atoms with E-state index in [9.17, 15) is 0 Å². The van der Waals surface area contributed by atoms with E-state index in [0.717, 1.165) is 26.2 Å². The molecule has 0 rings (SSSR count). The van der Waals surface area contributed by atoms with E-state index in [2.05, 4.69) is 11.8 Å². The van der Waals surface area contributed by atoms with Crippen molar-refractivity contribution in [2.45, 2.75) is 6.92 Å². The van der Waals surface area contributed by atoms with Gasteiger partial charge in [0.25, 0.3) is 0 Å². The van der Waals surface area contributed by atoms with Gasteiger partial charge in [0.05, 0.1) is 13.2 Å². The average molecular weight is 259 g/mol. The van der Waals surface area contributed by atoms with Crippen LogP contribution in [0.1, 0.15) is 6.92 Å². The Labute approximate surface area is 76.0 Å². The molecule has 0 fully saturated rings. The summed E-state index contributed by atoms with van der Waals surface area (Å²) in [4.78, 5) is 2.14. The first-order valence-corrected chi connectivity index (χ1v) is 4.30. The first-order chi connectivity index (χ1) is 4.85. The third-order valence-corrected chi connectivity index (χ3v) is 1.79. The van der Waals surface area contributed by atoms with Gasteiger partial charge in [-0.15, -0.1) is 0 Å². The van der Waals surface area contributed by atoms with E-state index in [0.29, 0.717) is 0 Å². The average Bonchev–Trinajstić information content (AvgIpc) is 1.98. The highest BCUT2D eigenvalue weighted by Gasteiger charge is 1.98. The minimum Gasteiger partial charge on any atom is -0.395 e. The molecular weight excluding hydrogens is 245 g/mol. The summed E-state index contributed by atoms with van der Waals surface area (Å²) in [6.45, 7) is 5.66. The van der Waals surface area contributed by atoms with Crippen LogP contribution in [0.15, 0.2) is 0 Å². The van der Waals surface area contributed by atoms with Crippen LogP contribution in [-0.4, -0.2) is 42.9 Å². The summed E-state index contributed by atoms with van der Waals surface area (Å²) in [6, 6.07) is 0. The highest BCUT2D eigenvalue weighted by molar-refractivity contribution is 14.1. The van der Waals surface area contributed by atoms with E-state index < -0.39 is 0 Å². The summed E-state index contributed by atoms with van der Waals surface area (Å²) in [7, 11) is 0. The first-order valence-electron chi connectivity index (χ1n) is 3.41. The number of likely N-dealkylation sites (N-methyl/N-ethyl adjacent to an activating group) is 1. The van der Waals surface area contributed by atoms with Gasteiger partial charge in [0.15, 0.2) is 0 Å². The van der Waals surface area contributed by atoms with Gasteiger partial charge in [-0.05, 0) is 6.54 Å². The molecule has 0 radical (unpaired) electrons. The SMILES string of the molecule is CCN(CCO)CCOI. The van der Waals surface area contributed by atoms with Crippen molar-refractivity contribution in [3.8, 4) is 0 Å². The van der Waals surface area contributed by atoms with Gasteiger partial charge in [0.1, 0.15) is 23.0 Å². The fraction of sp³-hybridized carbons (Fsp3) is 1.00. The fourth-order valence-electron chi connectivity index (χ4n) is 0.733. The molecule has 0 aliphatic rings. The molecule has 0 unspecified atom stereocenters. The van der Waals surface area contributed by atoms with Gasteiger partial charge >= 0.3 is 0 Å². The maximum absolute atomic E-state index is 8.58. The Hall–Kier alpha value is 0.610. The van der Waals surface area contributed by atoms with E-state index in [1.54, 1.807) is 0 Å². The predicted molar refractivity (Wildman–Crippen MR) is 49.2 cm³/mol. The third-order valence-electron chi connectivity index (χ3n) is 1.35. The summed E-state index contributed by atoms with van der Waals surface area (Å²) >= 11 is 1.88. The Morgan fingerprint density at radius 1 is 1.50 bits per heavy atom. The molecule has 1 N–H and O–H groups in total. The molecule has 0 saturated carbocycles. The number of rotatable bonds is 6. The number of hydrogen-bond acceptors (Lipinski definition) is 3. The van der Waals surface area contributed by atoms with Crippen molar-refractivity contribution in [3.63, 3.8) is 0 Å². The van der Waals surface area contributed by atoms with E-state index >= 15 is 0 Å². The van der Waals surface area contributed by atoms with Crippen molar-refractivity contribution in [3.05, 3.63) is 0 Å². The molecule has 0 aliphatic carbocycles. The Balaban J connectivity index is 3.21.